The quantitative estimate of drug-likeness (QED) is 0.284. The van der Waals surface area contributed by atoms with E-state index in [4.69, 9.17) is 10.1 Å². The second kappa shape index (κ2) is 8.43. The summed E-state index contributed by atoms with van der Waals surface area (Å²) in [5.41, 5.74) is 14.4. The third-order valence-corrected chi connectivity index (χ3v) is 6.95. The molecule has 0 saturated heterocycles. The van der Waals surface area contributed by atoms with Crippen LogP contribution >= 0.6 is 0 Å². The van der Waals surface area contributed by atoms with Gasteiger partial charge >= 0.3 is 0 Å². The van der Waals surface area contributed by atoms with E-state index in [2.05, 4.69) is 100 Å². The Bertz CT molecular complexity index is 1510. The fourth-order valence-electron chi connectivity index (χ4n) is 5.45. The molecule has 0 atom stereocenters. The molecule has 4 heteroatoms. The van der Waals surface area contributed by atoms with Gasteiger partial charge in [0.05, 0.1) is 17.0 Å². The molecule has 0 fully saturated rings. The summed E-state index contributed by atoms with van der Waals surface area (Å²) in [6.07, 6.45) is 2.13. The van der Waals surface area contributed by atoms with Crippen LogP contribution in [0.4, 0.5) is 0 Å². The number of rotatable bonds is 5. The van der Waals surface area contributed by atoms with Crippen LogP contribution in [0.5, 0.6) is 0 Å². The van der Waals surface area contributed by atoms with E-state index in [-0.39, 0.29) is 0 Å². The highest BCUT2D eigenvalue weighted by atomic mass is 15.3. The van der Waals surface area contributed by atoms with E-state index in [1.165, 1.54) is 44.5 Å². The summed E-state index contributed by atoms with van der Waals surface area (Å²) in [5.74, 6) is 0. The Balaban J connectivity index is 1.82. The summed E-state index contributed by atoms with van der Waals surface area (Å²) < 4.78 is 4.55. The van der Waals surface area contributed by atoms with Gasteiger partial charge in [0.1, 0.15) is 5.65 Å². The topological polar surface area (TPSA) is 35.1 Å². The molecular weight excluding hydrogens is 416 g/mol. The van der Waals surface area contributed by atoms with Crippen LogP contribution in [0.15, 0.2) is 42.5 Å². The van der Waals surface area contributed by atoms with Crippen molar-refractivity contribution in [1.29, 1.82) is 0 Å². The van der Waals surface area contributed by atoms with E-state index in [0.29, 0.717) is 0 Å². The third kappa shape index (κ3) is 3.62. The Hall–Kier alpha value is -3.40. The minimum Gasteiger partial charge on any atom is -0.325 e. The van der Waals surface area contributed by atoms with Crippen LogP contribution in [-0.2, 0) is 13.0 Å². The smallest absolute Gasteiger partial charge is 0.165 e. The van der Waals surface area contributed by atoms with Gasteiger partial charge in [0.2, 0.25) is 0 Å². The van der Waals surface area contributed by atoms with Gasteiger partial charge in [0.15, 0.2) is 5.65 Å². The van der Waals surface area contributed by atoms with Crippen molar-refractivity contribution in [3.63, 3.8) is 0 Å². The summed E-state index contributed by atoms with van der Waals surface area (Å²) in [6.45, 7) is 16.0. The van der Waals surface area contributed by atoms with Crippen molar-refractivity contribution in [3.8, 4) is 11.1 Å². The number of aromatic nitrogens is 4. The Kier molecular flexibility index (Phi) is 5.55. The van der Waals surface area contributed by atoms with Crippen LogP contribution in [0.1, 0.15) is 58.2 Å². The van der Waals surface area contributed by atoms with Crippen molar-refractivity contribution < 1.29 is 0 Å². The average Bonchev–Trinajstić information content (AvgIpc) is 3.28. The molecule has 0 spiro atoms. The zero-order valence-electron chi connectivity index (χ0n) is 21.5. The molecule has 0 aliphatic rings. The van der Waals surface area contributed by atoms with E-state index >= 15 is 0 Å². The first-order valence-corrected chi connectivity index (χ1v) is 12.3. The molecule has 0 aliphatic heterocycles. The van der Waals surface area contributed by atoms with Crippen molar-refractivity contribution in [2.75, 3.05) is 0 Å². The molecule has 0 radical (unpaired) electrons. The maximum absolute atomic E-state index is 5.13. The highest BCUT2D eigenvalue weighted by Crippen LogP contribution is 2.36. The van der Waals surface area contributed by atoms with Crippen molar-refractivity contribution in [2.24, 2.45) is 0 Å². The Labute approximate surface area is 202 Å². The lowest BCUT2D eigenvalue weighted by Gasteiger charge is -2.13. The molecule has 3 heterocycles. The van der Waals surface area contributed by atoms with E-state index in [1.807, 2.05) is 0 Å². The lowest BCUT2D eigenvalue weighted by molar-refractivity contribution is 0.726. The lowest BCUT2D eigenvalue weighted by Crippen LogP contribution is -2.08. The molecule has 0 amide bonds. The van der Waals surface area contributed by atoms with Crippen molar-refractivity contribution in [3.05, 3.63) is 87.4 Å². The standard InChI is InChI=1S/C30H34N4/c1-8-9-25-16-26-22(6)31-29-28(27-20(4)14-19(3)15-21(27)5)23(7)32-34(29)30(26)33(25)17-24-12-10-18(2)11-13-24/h10-16H,8-9,17H2,1-7H3. The number of aryl methyl sites for hydroxylation is 7. The first-order valence-electron chi connectivity index (χ1n) is 12.3. The van der Waals surface area contributed by atoms with Gasteiger partial charge in [-0.25, -0.2) is 4.98 Å². The Morgan fingerprint density at radius 1 is 0.765 bits per heavy atom. The number of benzene rings is 2. The molecule has 0 aliphatic carbocycles. The molecule has 174 valence electrons. The fraction of sp³-hybridized carbons (Fsp3) is 0.333. The second-order valence-corrected chi connectivity index (χ2v) is 9.86. The van der Waals surface area contributed by atoms with E-state index in [1.54, 1.807) is 0 Å². The minimum atomic E-state index is 0.828. The number of hydrogen-bond donors (Lipinski definition) is 0. The number of hydrogen-bond acceptors (Lipinski definition) is 2. The highest BCUT2D eigenvalue weighted by Gasteiger charge is 2.22. The van der Waals surface area contributed by atoms with Gasteiger partial charge in [-0.1, -0.05) is 60.9 Å². The largest absolute Gasteiger partial charge is 0.325 e. The Morgan fingerprint density at radius 3 is 2.09 bits per heavy atom. The van der Waals surface area contributed by atoms with Gasteiger partial charge in [-0.15, -0.1) is 0 Å². The lowest BCUT2D eigenvalue weighted by atomic mass is 9.94. The van der Waals surface area contributed by atoms with E-state index in [0.717, 1.165) is 47.6 Å². The molecule has 0 unspecified atom stereocenters. The maximum Gasteiger partial charge on any atom is 0.165 e. The Morgan fingerprint density at radius 2 is 1.44 bits per heavy atom. The molecule has 0 bridgehead atoms. The van der Waals surface area contributed by atoms with Crippen molar-refractivity contribution in [1.82, 2.24) is 19.2 Å². The molecular formula is C30H34N4. The summed E-state index contributed by atoms with van der Waals surface area (Å²) >= 11 is 0. The average molecular weight is 451 g/mol. The molecule has 0 saturated carbocycles. The van der Waals surface area contributed by atoms with Gasteiger partial charge < -0.3 is 4.57 Å². The van der Waals surface area contributed by atoms with Crippen LogP contribution in [0.25, 0.3) is 27.8 Å². The molecule has 3 aromatic heterocycles. The van der Waals surface area contributed by atoms with Gasteiger partial charge in [-0.3, -0.25) is 0 Å². The summed E-state index contributed by atoms with van der Waals surface area (Å²) in [5, 5.41) is 6.28. The van der Waals surface area contributed by atoms with Gasteiger partial charge in [0.25, 0.3) is 0 Å². The molecule has 0 N–H and O–H groups in total. The molecule has 5 rings (SSSR count). The van der Waals surface area contributed by atoms with Gasteiger partial charge in [0, 0.05) is 17.6 Å². The summed E-state index contributed by atoms with van der Waals surface area (Å²) in [6, 6.07) is 15.7. The predicted molar refractivity (Wildman–Crippen MR) is 142 cm³/mol. The van der Waals surface area contributed by atoms with Crippen molar-refractivity contribution in [2.45, 2.75) is 67.9 Å². The van der Waals surface area contributed by atoms with Crippen LogP contribution < -0.4 is 0 Å². The minimum absolute atomic E-state index is 0.828. The SMILES string of the molecule is CCCc1cc2c(C)nc3c(-c4c(C)cc(C)cc4C)c(C)nn3c2n1Cc1ccc(C)cc1. The second-order valence-electron chi connectivity index (χ2n) is 9.86. The van der Waals surface area contributed by atoms with E-state index in [9.17, 15) is 0 Å². The van der Waals surface area contributed by atoms with Gasteiger partial charge in [-0.2, -0.15) is 9.61 Å². The predicted octanol–water partition coefficient (Wildman–Crippen LogP) is 7.20. The maximum atomic E-state index is 5.13. The number of nitrogens with zero attached hydrogens (tertiary/aromatic N) is 4. The van der Waals surface area contributed by atoms with Crippen LogP contribution in [0.3, 0.4) is 0 Å². The first kappa shape index (κ1) is 22.4. The monoisotopic (exact) mass is 450 g/mol. The third-order valence-electron chi connectivity index (χ3n) is 6.95. The fourth-order valence-corrected chi connectivity index (χ4v) is 5.45. The van der Waals surface area contributed by atoms with Crippen LogP contribution in [0, 0.1) is 41.5 Å². The molecule has 4 nitrogen and oxygen atoms in total. The highest BCUT2D eigenvalue weighted by molar-refractivity contribution is 5.90. The van der Waals surface area contributed by atoms with E-state index < -0.39 is 0 Å². The molecule has 2 aromatic carbocycles. The number of fused-ring (bicyclic) bond motifs is 3. The summed E-state index contributed by atoms with van der Waals surface area (Å²) in [4.78, 5) is 5.13. The molecule has 5 aromatic rings. The molecule has 34 heavy (non-hydrogen) atoms. The normalized spacial score (nSPS) is 11.7. The summed E-state index contributed by atoms with van der Waals surface area (Å²) in [7, 11) is 0. The zero-order valence-corrected chi connectivity index (χ0v) is 21.5. The van der Waals surface area contributed by atoms with Gasteiger partial charge in [-0.05, 0) is 76.3 Å². The van der Waals surface area contributed by atoms with Crippen LogP contribution in [-0.4, -0.2) is 19.2 Å². The first-order chi connectivity index (χ1) is 16.3. The van der Waals surface area contributed by atoms with Crippen LogP contribution in [0.2, 0.25) is 0 Å². The zero-order chi connectivity index (χ0) is 24.1. The van der Waals surface area contributed by atoms with Crippen molar-refractivity contribution >= 4 is 16.7 Å².